The molecule has 0 heterocycles. The monoisotopic (exact) mass is 291 g/mol. The van der Waals surface area contributed by atoms with Gasteiger partial charge in [0.05, 0.1) is 0 Å². The first kappa shape index (κ1) is 15.0. The highest BCUT2D eigenvalue weighted by Gasteiger charge is 2.35. The Kier molecular flexibility index (Phi) is 4.60. The van der Waals surface area contributed by atoms with Gasteiger partial charge >= 0.3 is 0 Å². The maximum atomic E-state index is 13.7. The Morgan fingerprint density at radius 2 is 1.86 bits per heavy atom. The second kappa shape index (κ2) is 6.45. The Labute approximate surface area is 126 Å². The minimum Gasteiger partial charge on any atom is -0.396 e. The van der Waals surface area contributed by atoms with Crippen molar-refractivity contribution in [3.63, 3.8) is 0 Å². The molecule has 2 aliphatic rings. The molecule has 2 saturated carbocycles. The average molecular weight is 291 g/mol. The summed E-state index contributed by atoms with van der Waals surface area (Å²) in [6, 6.07) is 7.62. The van der Waals surface area contributed by atoms with E-state index in [1.807, 2.05) is 12.1 Å². The third-order valence-electron chi connectivity index (χ3n) is 5.50. The van der Waals surface area contributed by atoms with Crippen LogP contribution in [0.25, 0.3) is 0 Å². The predicted octanol–water partition coefficient (Wildman–Crippen LogP) is 3.60. The summed E-state index contributed by atoms with van der Waals surface area (Å²) < 4.78 is 13.7. The smallest absolute Gasteiger partial charge is 0.126 e. The highest BCUT2D eigenvalue weighted by molar-refractivity contribution is 5.24. The average Bonchev–Trinajstić information content (AvgIpc) is 2.48. The van der Waals surface area contributed by atoms with E-state index in [1.54, 1.807) is 12.1 Å². The quantitative estimate of drug-likeness (QED) is 0.868. The topological polar surface area (TPSA) is 32.3 Å². The molecule has 1 aromatic carbocycles. The molecule has 1 aromatic rings. The van der Waals surface area contributed by atoms with Crippen LogP contribution >= 0.6 is 0 Å². The number of aliphatic hydroxyl groups is 1. The normalized spacial score (nSPS) is 28.1. The fourth-order valence-electron chi connectivity index (χ4n) is 3.90. The lowest BCUT2D eigenvalue weighted by molar-refractivity contribution is 0.0731. The minimum absolute atomic E-state index is 0.0694. The number of halogens is 1. The van der Waals surface area contributed by atoms with Crippen LogP contribution in [0.15, 0.2) is 24.3 Å². The van der Waals surface area contributed by atoms with Gasteiger partial charge in [0.2, 0.25) is 0 Å². The SMILES string of the molecule is OCC1(CNC2CC(c3ccccc3F)C2)CCCCC1. The summed E-state index contributed by atoms with van der Waals surface area (Å²) in [5.74, 6) is 0.292. The van der Waals surface area contributed by atoms with Crippen LogP contribution in [-0.4, -0.2) is 24.3 Å². The molecular weight excluding hydrogens is 265 g/mol. The zero-order valence-corrected chi connectivity index (χ0v) is 12.7. The largest absolute Gasteiger partial charge is 0.396 e. The van der Waals surface area contributed by atoms with Crippen molar-refractivity contribution in [2.24, 2.45) is 5.41 Å². The molecule has 0 bridgehead atoms. The summed E-state index contributed by atoms with van der Waals surface area (Å²) >= 11 is 0. The Hall–Kier alpha value is -0.930. The molecule has 0 amide bonds. The fourth-order valence-corrected chi connectivity index (χ4v) is 3.90. The van der Waals surface area contributed by atoms with Gasteiger partial charge in [0.25, 0.3) is 0 Å². The van der Waals surface area contributed by atoms with Gasteiger partial charge in [-0.1, -0.05) is 37.5 Å². The van der Waals surface area contributed by atoms with Crippen molar-refractivity contribution in [1.29, 1.82) is 0 Å². The summed E-state index contributed by atoms with van der Waals surface area (Å²) in [6.45, 7) is 1.21. The van der Waals surface area contributed by atoms with E-state index in [-0.39, 0.29) is 11.2 Å². The molecule has 2 nitrogen and oxygen atoms in total. The van der Waals surface area contributed by atoms with Crippen LogP contribution in [0.5, 0.6) is 0 Å². The highest BCUT2D eigenvalue weighted by atomic mass is 19.1. The summed E-state index contributed by atoms with van der Waals surface area (Å²) in [4.78, 5) is 0. The minimum atomic E-state index is -0.0694. The van der Waals surface area contributed by atoms with Gasteiger partial charge in [0.15, 0.2) is 0 Å². The molecular formula is C18H26FNO. The van der Waals surface area contributed by atoms with Crippen molar-refractivity contribution in [1.82, 2.24) is 5.32 Å². The van der Waals surface area contributed by atoms with Crippen LogP contribution in [-0.2, 0) is 0 Å². The predicted molar refractivity (Wildman–Crippen MR) is 82.8 cm³/mol. The number of nitrogens with one attached hydrogen (secondary N) is 1. The van der Waals surface area contributed by atoms with E-state index in [1.165, 1.54) is 19.3 Å². The van der Waals surface area contributed by atoms with E-state index in [2.05, 4.69) is 5.32 Å². The Bertz CT molecular complexity index is 464. The van der Waals surface area contributed by atoms with Crippen molar-refractivity contribution in [2.45, 2.75) is 56.9 Å². The molecule has 0 saturated heterocycles. The molecule has 0 aliphatic heterocycles. The van der Waals surface area contributed by atoms with Crippen LogP contribution in [0.2, 0.25) is 0 Å². The maximum Gasteiger partial charge on any atom is 0.126 e. The van der Waals surface area contributed by atoms with Gasteiger partial charge in [0.1, 0.15) is 5.82 Å². The fraction of sp³-hybridized carbons (Fsp3) is 0.667. The van der Waals surface area contributed by atoms with Gasteiger partial charge < -0.3 is 10.4 Å². The van der Waals surface area contributed by atoms with Gasteiger partial charge in [-0.05, 0) is 43.2 Å². The summed E-state index contributed by atoms with van der Waals surface area (Å²) in [5.41, 5.74) is 0.964. The van der Waals surface area contributed by atoms with Crippen molar-refractivity contribution in [3.05, 3.63) is 35.6 Å². The van der Waals surface area contributed by atoms with Crippen LogP contribution in [0.1, 0.15) is 56.4 Å². The first-order chi connectivity index (χ1) is 10.2. The summed E-state index contributed by atoms with van der Waals surface area (Å²) in [6.07, 6.45) is 8.10. The number of rotatable bonds is 5. The first-order valence-electron chi connectivity index (χ1n) is 8.31. The Morgan fingerprint density at radius 1 is 1.14 bits per heavy atom. The number of benzene rings is 1. The molecule has 2 fully saturated rings. The van der Waals surface area contributed by atoms with Crippen LogP contribution in [0, 0.1) is 11.2 Å². The van der Waals surface area contributed by atoms with Gasteiger partial charge in [-0.2, -0.15) is 0 Å². The third-order valence-corrected chi connectivity index (χ3v) is 5.50. The molecule has 3 heteroatoms. The van der Waals surface area contributed by atoms with Crippen molar-refractivity contribution in [2.75, 3.05) is 13.2 Å². The van der Waals surface area contributed by atoms with Crippen molar-refractivity contribution in [3.8, 4) is 0 Å². The Morgan fingerprint density at radius 3 is 2.52 bits per heavy atom. The molecule has 0 atom stereocenters. The molecule has 2 N–H and O–H groups in total. The van der Waals surface area contributed by atoms with E-state index in [4.69, 9.17) is 0 Å². The van der Waals surface area contributed by atoms with E-state index >= 15 is 0 Å². The van der Waals surface area contributed by atoms with Crippen molar-refractivity contribution < 1.29 is 9.50 Å². The molecule has 2 aliphatic carbocycles. The van der Waals surface area contributed by atoms with Gasteiger partial charge in [0, 0.05) is 24.6 Å². The van der Waals surface area contributed by atoms with Gasteiger partial charge in [-0.15, -0.1) is 0 Å². The Balaban J connectivity index is 1.48. The molecule has 0 aromatic heterocycles. The second-order valence-electron chi connectivity index (χ2n) is 6.99. The van der Waals surface area contributed by atoms with Gasteiger partial charge in [-0.3, -0.25) is 0 Å². The highest BCUT2D eigenvalue weighted by Crippen LogP contribution is 2.40. The number of hydrogen-bond donors (Lipinski definition) is 2. The zero-order chi connectivity index (χ0) is 14.7. The first-order valence-corrected chi connectivity index (χ1v) is 8.31. The lowest BCUT2D eigenvalue weighted by Gasteiger charge is -2.41. The van der Waals surface area contributed by atoms with Crippen LogP contribution in [0.4, 0.5) is 4.39 Å². The number of aliphatic hydroxyl groups excluding tert-OH is 1. The number of hydrogen-bond acceptors (Lipinski definition) is 2. The van der Waals surface area contributed by atoms with Gasteiger partial charge in [-0.25, -0.2) is 4.39 Å². The molecule has 3 rings (SSSR count). The van der Waals surface area contributed by atoms with Crippen molar-refractivity contribution >= 4 is 0 Å². The molecule has 0 spiro atoms. The standard InChI is InChI=1S/C18H26FNO/c19-17-7-3-2-6-16(17)14-10-15(11-14)20-12-18(13-21)8-4-1-5-9-18/h2-3,6-7,14-15,20-21H,1,4-5,8-13H2. The van der Waals surface area contributed by atoms with Crippen LogP contribution in [0.3, 0.4) is 0 Å². The zero-order valence-electron chi connectivity index (χ0n) is 12.7. The summed E-state index contributed by atoms with van der Waals surface area (Å²) in [5, 5.41) is 13.3. The van der Waals surface area contributed by atoms with E-state index < -0.39 is 0 Å². The molecule has 0 unspecified atom stereocenters. The molecule has 116 valence electrons. The van der Waals surface area contributed by atoms with E-state index in [0.29, 0.717) is 18.6 Å². The van der Waals surface area contributed by atoms with E-state index in [0.717, 1.165) is 37.8 Å². The molecule has 0 radical (unpaired) electrons. The lowest BCUT2D eigenvalue weighted by Crippen LogP contribution is -2.47. The second-order valence-corrected chi connectivity index (χ2v) is 6.99. The van der Waals surface area contributed by atoms with E-state index in [9.17, 15) is 9.50 Å². The summed E-state index contributed by atoms with van der Waals surface area (Å²) in [7, 11) is 0. The maximum absolute atomic E-state index is 13.7. The third kappa shape index (κ3) is 3.29. The van der Waals surface area contributed by atoms with Crippen LogP contribution < -0.4 is 5.32 Å². The lowest BCUT2D eigenvalue weighted by atomic mass is 9.72. The molecule has 21 heavy (non-hydrogen) atoms.